The molecule has 0 aliphatic heterocycles. The molecule has 0 spiro atoms. The summed E-state index contributed by atoms with van der Waals surface area (Å²) < 4.78 is 1.96. The van der Waals surface area contributed by atoms with Crippen LogP contribution in [0.5, 0.6) is 0 Å². The highest BCUT2D eigenvalue weighted by Crippen LogP contribution is 2.32. The molecule has 0 bridgehead atoms. The molecule has 0 unspecified atom stereocenters. The summed E-state index contributed by atoms with van der Waals surface area (Å²) in [5, 5.41) is 9.18. The van der Waals surface area contributed by atoms with E-state index in [1.165, 1.54) is 54.1 Å². The van der Waals surface area contributed by atoms with E-state index in [2.05, 4.69) is 81.9 Å². The maximum atomic E-state index is 3.93. The fourth-order valence-electron chi connectivity index (χ4n) is 5.10. The summed E-state index contributed by atoms with van der Waals surface area (Å²) in [6.07, 6.45) is 13.4. The van der Waals surface area contributed by atoms with E-state index < -0.39 is 0 Å². The lowest BCUT2D eigenvalue weighted by Gasteiger charge is -2.34. The summed E-state index contributed by atoms with van der Waals surface area (Å²) in [6, 6.07) is 18.1. The molecule has 0 saturated heterocycles. The van der Waals surface area contributed by atoms with Gasteiger partial charge in [0.1, 0.15) is 12.7 Å². The Kier molecular flexibility index (Phi) is 5.85. The predicted molar refractivity (Wildman–Crippen MR) is 125 cm³/mol. The van der Waals surface area contributed by atoms with Gasteiger partial charge in [0.25, 0.3) is 0 Å². The van der Waals surface area contributed by atoms with Gasteiger partial charge in [-0.1, -0.05) is 30.3 Å². The molecule has 1 fully saturated rings. The number of hydrogen-bond donors (Lipinski definition) is 1. The number of rotatable bonds is 7. The Balaban J connectivity index is 1.16. The molecule has 1 N–H and O–H groups in total. The Bertz CT molecular complexity index is 1090. The van der Waals surface area contributed by atoms with Crippen LogP contribution in [0.4, 0.5) is 0 Å². The van der Waals surface area contributed by atoms with Gasteiger partial charge in [0.15, 0.2) is 0 Å². The maximum absolute atomic E-state index is 3.93. The number of fused-ring (bicyclic) bond motifs is 1. The van der Waals surface area contributed by atoms with Gasteiger partial charge in [0.2, 0.25) is 0 Å². The van der Waals surface area contributed by atoms with Crippen LogP contribution in [0.1, 0.15) is 43.2 Å². The normalized spacial score (nSPS) is 19.3. The third-order valence-corrected chi connectivity index (χ3v) is 7.00. The second-order valence-electron chi connectivity index (χ2n) is 9.03. The molecule has 5 rings (SSSR count). The summed E-state index contributed by atoms with van der Waals surface area (Å²) in [5.74, 6) is 0.840. The summed E-state index contributed by atoms with van der Waals surface area (Å²) in [6.45, 7) is 1.06. The van der Waals surface area contributed by atoms with E-state index in [1.807, 2.05) is 4.57 Å². The van der Waals surface area contributed by atoms with E-state index in [0.29, 0.717) is 0 Å². The van der Waals surface area contributed by atoms with Crippen molar-refractivity contribution >= 4 is 10.9 Å². The van der Waals surface area contributed by atoms with Crippen LogP contribution >= 0.6 is 0 Å². The lowest BCUT2D eigenvalue weighted by molar-refractivity contribution is 0.156. The lowest BCUT2D eigenvalue weighted by atomic mass is 9.82. The maximum Gasteiger partial charge on any atom is 0.123 e. The molecule has 1 aliphatic rings. The van der Waals surface area contributed by atoms with Gasteiger partial charge in [-0.3, -0.25) is 9.47 Å². The van der Waals surface area contributed by atoms with E-state index in [-0.39, 0.29) is 0 Å². The van der Waals surface area contributed by atoms with Crippen molar-refractivity contribution in [3.05, 3.63) is 78.5 Å². The molecule has 2 heterocycles. The first-order valence-electron chi connectivity index (χ1n) is 11.5. The van der Waals surface area contributed by atoms with Gasteiger partial charge in [-0.25, -0.2) is 0 Å². The van der Waals surface area contributed by atoms with Crippen LogP contribution in [0.3, 0.4) is 0 Å². The zero-order valence-electron chi connectivity index (χ0n) is 18.2. The van der Waals surface area contributed by atoms with Crippen molar-refractivity contribution in [3.63, 3.8) is 0 Å². The minimum atomic E-state index is 0.718. The zero-order chi connectivity index (χ0) is 21.0. The van der Waals surface area contributed by atoms with Crippen LogP contribution < -0.4 is 0 Å². The standard InChI is InChI=1S/C26H31N5/c1-30(17-21-5-3-2-4-6-21)23-11-8-20(9-12-23)7-10-22-16-27-26-14-13-24(15-25(22)26)31-18-28-29-19-31/h2-6,13-16,18-20,23,27H,7-12,17H2,1H3. The van der Waals surface area contributed by atoms with Crippen LogP contribution in [-0.2, 0) is 13.0 Å². The predicted octanol–water partition coefficient (Wildman–Crippen LogP) is 5.37. The Labute approximate surface area is 184 Å². The Morgan fingerprint density at radius 1 is 1.00 bits per heavy atom. The Morgan fingerprint density at radius 3 is 2.55 bits per heavy atom. The second kappa shape index (κ2) is 9.06. The second-order valence-corrected chi connectivity index (χ2v) is 9.03. The topological polar surface area (TPSA) is 49.7 Å². The van der Waals surface area contributed by atoms with Gasteiger partial charge in [-0.15, -0.1) is 10.2 Å². The van der Waals surface area contributed by atoms with Gasteiger partial charge >= 0.3 is 0 Å². The Hall–Kier alpha value is -2.92. The minimum absolute atomic E-state index is 0.718. The number of aromatic amines is 1. The van der Waals surface area contributed by atoms with Crippen molar-refractivity contribution in [2.45, 2.75) is 51.1 Å². The number of nitrogens with one attached hydrogen (secondary N) is 1. The molecular formula is C26H31N5. The summed E-state index contributed by atoms with van der Waals surface area (Å²) in [4.78, 5) is 6.00. The van der Waals surface area contributed by atoms with Crippen molar-refractivity contribution in [1.29, 1.82) is 0 Å². The molecule has 5 nitrogen and oxygen atoms in total. The molecule has 31 heavy (non-hydrogen) atoms. The number of H-pyrrole nitrogens is 1. The van der Waals surface area contributed by atoms with Crippen LogP contribution in [-0.4, -0.2) is 37.7 Å². The highest BCUT2D eigenvalue weighted by Gasteiger charge is 2.24. The SMILES string of the molecule is CN(Cc1ccccc1)C1CCC(CCc2c[nH]c3ccc(-n4cnnc4)cc23)CC1. The summed E-state index contributed by atoms with van der Waals surface area (Å²) in [5.41, 5.74) is 5.16. The lowest BCUT2D eigenvalue weighted by Crippen LogP contribution is -2.34. The van der Waals surface area contributed by atoms with Gasteiger partial charge in [-0.2, -0.15) is 0 Å². The minimum Gasteiger partial charge on any atom is -0.361 e. The summed E-state index contributed by atoms with van der Waals surface area (Å²) in [7, 11) is 2.29. The van der Waals surface area contributed by atoms with Gasteiger partial charge in [0.05, 0.1) is 0 Å². The van der Waals surface area contributed by atoms with Crippen molar-refractivity contribution in [3.8, 4) is 5.69 Å². The van der Waals surface area contributed by atoms with E-state index >= 15 is 0 Å². The van der Waals surface area contributed by atoms with Crippen LogP contribution in [0.25, 0.3) is 16.6 Å². The number of hydrogen-bond acceptors (Lipinski definition) is 3. The van der Waals surface area contributed by atoms with Gasteiger partial charge < -0.3 is 4.98 Å². The van der Waals surface area contributed by atoms with E-state index in [4.69, 9.17) is 0 Å². The van der Waals surface area contributed by atoms with Crippen LogP contribution in [0, 0.1) is 5.92 Å². The van der Waals surface area contributed by atoms with E-state index in [9.17, 15) is 0 Å². The largest absolute Gasteiger partial charge is 0.361 e. The average molecular weight is 414 g/mol. The molecule has 4 aromatic rings. The van der Waals surface area contributed by atoms with Crippen molar-refractivity contribution in [2.24, 2.45) is 5.92 Å². The third-order valence-electron chi connectivity index (χ3n) is 7.00. The first-order chi connectivity index (χ1) is 15.3. The quantitative estimate of drug-likeness (QED) is 0.443. The molecule has 2 aromatic carbocycles. The smallest absolute Gasteiger partial charge is 0.123 e. The van der Waals surface area contributed by atoms with E-state index in [1.54, 1.807) is 12.7 Å². The number of benzene rings is 2. The molecule has 160 valence electrons. The number of nitrogens with zero attached hydrogens (tertiary/aromatic N) is 4. The van der Waals surface area contributed by atoms with Crippen LogP contribution in [0.2, 0.25) is 0 Å². The molecule has 0 radical (unpaired) electrons. The molecule has 5 heteroatoms. The summed E-state index contributed by atoms with van der Waals surface area (Å²) >= 11 is 0. The number of aryl methyl sites for hydroxylation is 1. The highest BCUT2D eigenvalue weighted by molar-refractivity contribution is 5.85. The Morgan fingerprint density at radius 2 is 1.77 bits per heavy atom. The monoisotopic (exact) mass is 413 g/mol. The first-order valence-corrected chi connectivity index (χ1v) is 11.5. The third kappa shape index (κ3) is 4.57. The molecular weight excluding hydrogens is 382 g/mol. The van der Waals surface area contributed by atoms with E-state index in [0.717, 1.165) is 30.6 Å². The van der Waals surface area contributed by atoms with Gasteiger partial charge in [-0.05, 0) is 80.8 Å². The number of aromatic nitrogens is 4. The zero-order valence-corrected chi connectivity index (χ0v) is 18.2. The van der Waals surface area contributed by atoms with Crippen LogP contribution in [0.15, 0.2) is 67.4 Å². The molecule has 1 saturated carbocycles. The van der Waals surface area contributed by atoms with Crippen molar-refractivity contribution in [2.75, 3.05) is 7.05 Å². The van der Waals surface area contributed by atoms with Crippen molar-refractivity contribution in [1.82, 2.24) is 24.6 Å². The molecule has 1 aliphatic carbocycles. The fourth-order valence-corrected chi connectivity index (χ4v) is 5.10. The average Bonchev–Trinajstić information content (AvgIpc) is 3.48. The fraction of sp³-hybridized carbons (Fsp3) is 0.385. The first kappa shape index (κ1) is 20.0. The molecule has 0 amide bonds. The molecule has 0 atom stereocenters. The van der Waals surface area contributed by atoms with Gasteiger partial charge in [0, 0.05) is 35.4 Å². The van der Waals surface area contributed by atoms with Crippen molar-refractivity contribution < 1.29 is 0 Å². The molecule has 2 aromatic heterocycles. The highest BCUT2D eigenvalue weighted by atomic mass is 15.2.